The molecular formula is C15H25N. The molecule has 0 saturated carbocycles. The predicted molar refractivity (Wildman–Crippen MR) is 71.7 cm³/mol. The van der Waals surface area contributed by atoms with Crippen LogP contribution < -0.4 is 5.32 Å². The van der Waals surface area contributed by atoms with Crippen molar-refractivity contribution < 1.29 is 0 Å². The largest absolute Gasteiger partial charge is 0.317 e. The Hall–Kier alpha value is -0.820. The highest BCUT2D eigenvalue weighted by Crippen LogP contribution is 2.15. The van der Waals surface area contributed by atoms with Gasteiger partial charge in [-0.3, -0.25) is 0 Å². The lowest BCUT2D eigenvalue weighted by Gasteiger charge is -2.23. The van der Waals surface area contributed by atoms with Gasteiger partial charge in [-0.1, -0.05) is 50.6 Å². The molecular weight excluding hydrogens is 194 g/mol. The van der Waals surface area contributed by atoms with Crippen molar-refractivity contribution in [1.29, 1.82) is 0 Å². The molecule has 0 radical (unpaired) electrons. The van der Waals surface area contributed by atoms with Gasteiger partial charge in [0.25, 0.3) is 0 Å². The van der Waals surface area contributed by atoms with E-state index in [2.05, 4.69) is 56.5 Å². The molecule has 0 aliphatic carbocycles. The van der Waals surface area contributed by atoms with E-state index in [0.29, 0.717) is 6.04 Å². The van der Waals surface area contributed by atoms with Crippen molar-refractivity contribution in [3.8, 4) is 0 Å². The van der Waals surface area contributed by atoms with Crippen LogP contribution in [0.2, 0.25) is 0 Å². The highest BCUT2D eigenvalue weighted by atomic mass is 14.9. The van der Waals surface area contributed by atoms with Crippen molar-refractivity contribution in [1.82, 2.24) is 5.32 Å². The minimum atomic E-state index is 0.653. The fourth-order valence-electron chi connectivity index (χ4n) is 2.34. The van der Waals surface area contributed by atoms with Gasteiger partial charge in [0.2, 0.25) is 0 Å². The van der Waals surface area contributed by atoms with Crippen LogP contribution in [0.15, 0.2) is 30.3 Å². The molecule has 2 atom stereocenters. The third-order valence-electron chi connectivity index (χ3n) is 3.39. The monoisotopic (exact) mass is 219 g/mol. The fourth-order valence-corrected chi connectivity index (χ4v) is 2.34. The molecule has 2 unspecified atom stereocenters. The molecule has 1 nitrogen and oxygen atoms in total. The molecule has 1 rings (SSSR count). The SMILES string of the molecule is CCCC(C)C(CCc1ccccc1)NC. The van der Waals surface area contributed by atoms with Crippen molar-refractivity contribution in [3.05, 3.63) is 35.9 Å². The van der Waals surface area contributed by atoms with Gasteiger partial charge in [-0.15, -0.1) is 0 Å². The van der Waals surface area contributed by atoms with E-state index in [4.69, 9.17) is 0 Å². The molecule has 0 heterocycles. The quantitative estimate of drug-likeness (QED) is 0.738. The minimum Gasteiger partial charge on any atom is -0.317 e. The van der Waals surface area contributed by atoms with Crippen molar-refractivity contribution in [3.63, 3.8) is 0 Å². The van der Waals surface area contributed by atoms with Gasteiger partial charge >= 0.3 is 0 Å². The molecule has 16 heavy (non-hydrogen) atoms. The topological polar surface area (TPSA) is 12.0 Å². The summed E-state index contributed by atoms with van der Waals surface area (Å²) in [6.45, 7) is 4.62. The third kappa shape index (κ3) is 4.36. The smallest absolute Gasteiger partial charge is 0.00928 e. The zero-order valence-electron chi connectivity index (χ0n) is 10.9. The van der Waals surface area contributed by atoms with Gasteiger partial charge in [0, 0.05) is 6.04 Å². The van der Waals surface area contributed by atoms with Gasteiger partial charge in [-0.25, -0.2) is 0 Å². The Morgan fingerprint density at radius 1 is 1.12 bits per heavy atom. The molecule has 0 bridgehead atoms. The summed E-state index contributed by atoms with van der Waals surface area (Å²) < 4.78 is 0. The molecule has 0 saturated heterocycles. The van der Waals surface area contributed by atoms with Crippen LogP contribution >= 0.6 is 0 Å². The number of benzene rings is 1. The van der Waals surface area contributed by atoms with E-state index in [0.717, 1.165) is 5.92 Å². The maximum Gasteiger partial charge on any atom is 0.00928 e. The first-order chi connectivity index (χ1) is 7.77. The summed E-state index contributed by atoms with van der Waals surface area (Å²) in [6.07, 6.45) is 5.02. The Morgan fingerprint density at radius 2 is 1.81 bits per heavy atom. The van der Waals surface area contributed by atoms with Crippen molar-refractivity contribution in [2.24, 2.45) is 5.92 Å². The van der Waals surface area contributed by atoms with Crippen LogP contribution in [0.25, 0.3) is 0 Å². The Morgan fingerprint density at radius 3 is 2.38 bits per heavy atom. The van der Waals surface area contributed by atoms with Gasteiger partial charge in [0.15, 0.2) is 0 Å². The first kappa shape index (κ1) is 13.2. The van der Waals surface area contributed by atoms with Gasteiger partial charge in [0.05, 0.1) is 0 Å². The highest BCUT2D eigenvalue weighted by Gasteiger charge is 2.13. The van der Waals surface area contributed by atoms with E-state index in [-0.39, 0.29) is 0 Å². The second-order valence-electron chi connectivity index (χ2n) is 4.69. The molecule has 1 aromatic rings. The first-order valence-electron chi connectivity index (χ1n) is 6.49. The van der Waals surface area contributed by atoms with Crippen LogP contribution in [0.3, 0.4) is 0 Å². The van der Waals surface area contributed by atoms with Crippen LogP contribution in [0.1, 0.15) is 38.7 Å². The molecule has 0 aromatic heterocycles. The van der Waals surface area contributed by atoms with Crippen LogP contribution in [-0.2, 0) is 6.42 Å². The van der Waals surface area contributed by atoms with Crippen molar-refractivity contribution in [2.45, 2.75) is 45.6 Å². The van der Waals surface area contributed by atoms with E-state index in [9.17, 15) is 0 Å². The lowest BCUT2D eigenvalue weighted by molar-refractivity contribution is 0.355. The number of hydrogen-bond acceptors (Lipinski definition) is 1. The zero-order chi connectivity index (χ0) is 11.8. The molecule has 1 aromatic carbocycles. The highest BCUT2D eigenvalue weighted by molar-refractivity contribution is 5.14. The summed E-state index contributed by atoms with van der Waals surface area (Å²) in [5, 5.41) is 3.46. The molecule has 1 heteroatoms. The van der Waals surface area contributed by atoms with Gasteiger partial charge in [0.1, 0.15) is 0 Å². The molecule has 0 amide bonds. The Kier molecular flexibility index (Phi) is 6.17. The number of nitrogens with one attached hydrogen (secondary N) is 1. The van der Waals surface area contributed by atoms with Crippen LogP contribution in [-0.4, -0.2) is 13.1 Å². The molecule has 0 spiro atoms. The first-order valence-corrected chi connectivity index (χ1v) is 6.49. The summed E-state index contributed by atoms with van der Waals surface area (Å²) in [6, 6.07) is 11.4. The Bertz CT molecular complexity index is 268. The molecule has 90 valence electrons. The lowest BCUT2D eigenvalue weighted by Crippen LogP contribution is -2.32. The standard InChI is InChI=1S/C15H25N/c1-4-8-13(2)15(16-3)12-11-14-9-6-5-7-10-14/h5-7,9-10,13,15-16H,4,8,11-12H2,1-3H3. The van der Waals surface area contributed by atoms with Crippen molar-refractivity contribution >= 4 is 0 Å². The molecule has 1 N–H and O–H groups in total. The second kappa shape index (κ2) is 7.45. The van der Waals surface area contributed by atoms with Crippen LogP contribution in [0.5, 0.6) is 0 Å². The summed E-state index contributed by atoms with van der Waals surface area (Å²) in [4.78, 5) is 0. The van der Waals surface area contributed by atoms with Crippen LogP contribution in [0.4, 0.5) is 0 Å². The predicted octanol–water partition coefficient (Wildman–Crippen LogP) is 3.64. The summed E-state index contributed by atoms with van der Waals surface area (Å²) in [5.41, 5.74) is 1.45. The average molecular weight is 219 g/mol. The zero-order valence-corrected chi connectivity index (χ0v) is 10.9. The number of hydrogen-bond donors (Lipinski definition) is 1. The lowest BCUT2D eigenvalue weighted by atomic mass is 9.92. The number of rotatable bonds is 7. The maximum absolute atomic E-state index is 3.46. The normalized spacial score (nSPS) is 14.7. The van der Waals surface area contributed by atoms with Gasteiger partial charge in [-0.2, -0.15) is 0 Å². The van der Waals surface area contributed by atoms with Crippen LogP contribution in [0, 0.1) is 5.92 Å². The maximum atomic E-state index is 3.46. The van der Waals surface area contributed by atoms with E-state index in [1.54, 1.807) is 0 Å². The van der Waals surface area contributed by atoms with E-state index >= 15 is 0 Å². The third-order valence-corrected chi connectivity index (χ3v) is 3.39. The van der Waals surface area contributed by atoms with E-state index in [1.807, 2.05) is 0 Å². The van der Waals surface area contributed by atoms with Gasteiger partial charge in [-0.05, 0) is 37.8 Å². The van der Waals surface area contributed by atoms with E-state index in [1.165, 1.54) is 31.2 Å². The minimum absolute atomic E-state index is 0.653. The fraction of sp³-hybridized carbons (Fsp3) is 0.600. The molecule has 0 aliphatic rings. The molecule has 0 aliphatic heterocycles. The average Bonchev–Trinajstić information content (AvgIpc) is 2.31. The van der Waals surface area contributed by atoms with Gasteiger partial charge < -0.3 is 5.32 Å². The Labute approximate surface area is 100 Å². The Balaban J connectivity index is 2.39. The summed E-state index contributed by atoms with van der Waals surface area (Å²) in [5.74, 6) is 0.777. The number of aryl methyl sites for hydroxylation is 1. The molecule has 0 fully saturated rings. The summed E-state index contributed by atoms with van der Waals surface area (Å²) >= 11 is 0. The van der Waals surface area contributed by atoms with E-state index < -0.39 is 0 Å². The van der Waals surface area contributed by atoms with Crippen molar-refractivity contribution in [2.75, 3.05) is 7.05 Å². The second-order valence-corrected chi connectivity index (χ2v) is 4.69. The summed E-state index contributed by atoms with van der Waals surface area (Å²) in [7, 11) is 2.09.